The van der Waals surface area contributed by atoms with Crippen molar-refractivity contribution < 1.29 is 32.2 Å². The van der Waals surface area contributed by atoms with Crippen molar-refractivity contribution in [2.24, 2.45) is 7.05 Å². The molecule has 0 unspecified atom stereocenters. The third-order valence-electron chi connectivity index (χ3n) is 4.79. The van der Waals surface area contributed by atoms with Crippen LogP contribution in [0.2, 0.25) is 0 Å². The number of carbonyl (C=O) groups is 1. The summed E-state index contributed by atoms with van der Waals surface area (Å²) in [4.78, 5) is 23.1. The van der Waals surface area contributed by atoms with Crippen LogP contribution in [0.3, 0.4) is 0 Å². The average molecular weight is 511 g/mol. The van der Waals surface area contributed by atoms with Gasteiger partial charge >= 0.3 is 5.97 Å². The Balaban J connectivity index is 0.000000402. The van der Waals surface area contributed by atoms with Crippen LogP contribution in [0.1, 0.15) is 32.9 Å². The van der Waals surface area contributed by atoms with E-state index in [0.29, 0.717) is 30.0 Å². The Labute approximate surface area is 203 Å². The molecule has 0 spiro atoms. The molecule has 3 rings (SSSR count). The van der Waals surface area contributed by atoms with Crippen molar-refractivity contribution >= 4 is 15.8 Å². The number of methoxy groups -OCH3 is 3. The van der Waals surface area contributed by atoms with Crippen LogP contribution in [0.5, 0.6) is 5.88 Å². The Morgan fingerprint density at radius 2 is 1.69 bits per heavy atom. The van der Waals surface area contributed by atoms with Crippen LogP contribution in [-0.2, 0) is 50.9 Å². The van der Waals surface area contributed by atoms with Crippen molar-refractivity contribution in [1.82, 2.24) is 20.0 Å². The fourth-order valence-electron chi connectivity index (χ4n) is 3.20. The SMILES string of the molecule is COCc1cc(=O)[nH][nH]1.COCc1cc(OC(=O)c2ccc(S(C)(=O)=O)c(COC)c2C)n(C)n1. The number of H-pyrrole nitrogens is 2. The molecule has 1 aromatic carbocycles. The Morgan fingerprint density at radius 3 is 2.23 bits per heavy atom. The summed E-state index contributed by atoms with van der Waals surface area (Å²) in [6.07, 6.45) is 1.12. The molecular formula is C22H30N4O8S. The average Bonchev–Trinajstić information content (AvgIpc) is 3.34. The van der Waals surface area contributed by atoms with E-state index in [-0.39, 0.29) is 28.5 Å². The summed E-state index contributed by atoms with van der Waals surface area (Å²) in [5.41, 5.74) is 2.47. The van der Waals surface area contributed by atoms with E-state index in [0.717, 1.165) is 11.9 Å². The summed E-state index contributed by atoms with van der Waals surface area (Å²) in [6.45, 7) is 2.47. The molecule has 0 fully saturated rings. The van der Waals surface area contributed by atoms with Gasteiger partial charge in [0.05, 0.1) is 41.7 Å². The summed E-state index contributed by atoms with van der Waals surface area (Å²) in [7, 11) is 2.78. The number of aryl methyl sites for hydroxylation is 1. The minimum atomic E-state index is -3.45. The molecule has 13 heteroatoms. The highest BCUT2D eigenvalue weighted by molar-refractivity contribution is 7.90. The largest absolute Gasteiger partial charge is 0.404 e. The van der Waals surface area contributed by atoms with Crippen molar-refractivity contribution in [2.45, 2.75) is 31.6 Å². The highest BCUT2D eigenvalue weighted by Gasteiger charge is 2.22. The summed E-state index contributed by atoms with van der Waals surface area (Å²) in [5.74, 6) is -0.339. The fraction of sp³-hybridized carbons (Fsp3) is 0.409. The first-order chi connectivity index (χ1) is 16.5. The van der Waals surface area contributed by atoms with Crippen LogP contribution in [-0.4, -0.2) is 62.0 Å². The molecule has 0 aliphatic carbocycles. The number of aromatic amines is 2. The molecule has 35 heavy (non-hydrogen) atoms. The van der Waals surface area contributed by atoms with E-state index in [1.54, 1.807) is 34.3 Å². The number of hydrogen-bond acceptors (Lipinski definition) is 9. The maximum Gasteiger partial charge on any atom is 0.345 e. The Hall–Kier alpha value is -3.26. The summed E-state index contributed by atoms with van der Waals surface area (Å²) >= 11 is 0. The van der Waals surface area contributed by atoms with Crippen molar-refractivity contribution in [3.05, 3.63) is 62.7 Å². The normalized spacial score (nSPS) is 11.1. The molecular weight excluding hydrogens is 480 g/mol. The second kappa shape index (κ2) is 12.4. The summed E-state index contributed by atoms with van der Waals surface area (Å²) < 4.78 is 45.6. The molecule has 0 aliphatic heterocycles. The molecule has 0 saturated carbocycles. The molecule has 2 N–H and O–H groups in total. The minimum absolute atomic E-state index is 0.0685. The van der Waals surface area contributed by atoms with Gasteiger partial charge in [-0.1, -0.05) is 0 Å². The van der Waals surface area contributed by atoms with E-state index in [2.05, 4.69) is 15.3 Å². The Bertz CT molecular complexity index is 1310. The molecule has 0 aliphatic rings. The molecule has 0 saturated heterocycles. The second-order valence-corrected chi connectivity index (χ2v) is 9.54. The molecule has 2 aromatic heterocycles. The number of nitrogens with zero attached hydrogens (tertiary/aromatic N) is 2. The molecule has 192 valence electrons. The van der Waals surface area contributed by atoms with Gasteiger partial charge in [-0.2, -0.15) is 5.10 Å². The van der Waals surface area contributed by atoms with Gasteiger partial charge in [0.2, 0.25) is 5.88 Å². The first-order valence-electron chi connectivity index (χ1n) is 10.3. The van der Waals surface area contributed by atoms with Crippen LogP contribution in [0.15, 0.2) is 34.0 Å². The van der Waals surface area contributed by atoms with Gasteiger partial charge < -0.3 is 18.9 Å². The lowest BCUT2D eigenvalue weighted by Gasteiger charge is -2.14. The van der Waals surface area contributed by atoms with Crippen molar-refractivity contribution in [3.8, 4) is 5.88 Å². The first kappa shape index (κ1) is 28.0. The van der Waals surface area contributed by atoms with Crippen molar-refractivity contribution in [1.29, 1.82) is 0 Å². The van der Waals surface area contributed by atoms with Gasteiger partial charge in [-0.05, 0) is 24.6 Å². The molecule has 0 amide bonds. The second-order valence-electron chi connectivity index (χ2n) is 7.56. The van der Waals surface area contributed by atoms with Gasteiger partial charge in [0.15, 0.2) is 9.84 Å². The van der Waals surface area contributed by atoms with E-state index in [4.69, 9.17) is 18.9 Å². The van der Waals surface area contributed by atoms with Gasteiger partial charge in [-0.3, -0.25) is 15.0 Å². The highest BCUT2D eigenvalue weighted by Crippen LogP contribution is 2.25. The summed E-state index contributed by atoms with van der Waals surface area (Å²) in [5, 5.41) is 9.21. The zero-order valence-electron chi connectivity index (χ0n) is 20.5. The quantitative estimate of drug-likeness (QED) is 0.407. The van der Waals surface area contributed by atoms with Crippen molar-refractivity contribution in [3.63, 3.8) is 0 Å². The fourth-order valence-corrected chi connectivity index (χ4v) is 4.18. The Kier molecular flexibility index (Phi) is 9.95. The maximum atomic E-state index is 12.6. The third-order valence-corrected chi connectivity index (χ3v) is 5.97. The molecule has 2 heterocycles. The lowest BCUT2D eigenvalue weighted by Crippen LogP contribution is -2.15. The van der Waals surface area contributed by atoms with Gasteiger partial charge in [-0.25, -0.2) is 17.9 Å². The topological polar surface area (TPSA) is 155 Å². The monoisotopic (exact) mass is 510 g/mol. The van der Waals surface area contributed by atoms with Crippen LogP contribution in [0.4, 0.5) is 0 Å². The number of sulfone groups is 1. The molecule has 0 radical (unpaired) electrons. The van der Waals surface area contributed by atoms with Crippen LogP contribution >= 0.6 is 0 Å². The molecule has 12 nitrogen and oxygen atoms in total. The maximum absolute atomic E-state index is 12.6. The summed E-state index contributed by atoms with van der Waals surface area (Å²) in [6, 6.07) is 5.91. The Morgan fingerprint density at radius 1 is 1.03 bits per heavy atom. The number of aromatic nitrogens is 4. The van der Waals surface area contributed by atoms with Crippen molar-refractivity contribution in [2.75, 3.05) is 27.6 Å². The van der Waals surface area contributed by atoms with Crippen LogP contribution in [0.25, 0.3) is 0 Å². The lowest BCUT2D eigenvalue weighted by molar-refractivity contribution is 0.0718. The zero-order chi connectivity index (χ0) is 26.2. The van der Waals surface area contributed by atoms with E-state index in [9.17, 15) is 18.0 Å². The smallest absolute Gasteiger partial charge is 0.345 e. The third kappa shape index (κ3) is 7.62. The van der Waals surface area contributed by atoms with Crippen LogP contribution in [0, 0.1) is 6.92 Å². The van der Waals surface area contributed by atoms with E-state index in [1.807, 2.05) is 0 Å². The first-order valence-corrected chi connectivity index (χ1v) is 12.2. The number of hydrogen-bond donors (Lipinski definition) is 2. The zero-order valence-corrected chi connectivity index (χ0v) is 21.3. The molecule has 0 bridgehead atoms. The number of nitrogens with one attached hydrogen (secondary N) is 2. The highest BCUT2D eigenvalue weighted by atomic mass is 32.2. The van der Waals surface area contributed by atoms with E-state index >= 15 is 0 Å². The number of ether oxygens (including phenoxy) is 4. The number of carbonyl (C=O) groups excluding carboxylic acids is 1. The standard InChI is InChI=1S/C17H22N2O6S.C5H8N2O2/c1-11-13(6-7-15(26(5,21)22)14(11)10-24-4)17(20)25-16-8-12(9-23-3)18-19(16)2;1-9-3-4-2-5(8)7-6-4/h6-8H,9-10H2,1-5H3;2H,3H2,1H3,(H2,6,7,8). The van der Waals surface area contributed by atoms with Crippen LogP contribution < -0.4 is 10.3 Å². The van der Waals surface area contributed by atoms with Gasteiger partial charge in [0.25, 0.3) is 5.56 Å². The van der Waals surface area contributed by atoms with Gasteiger partial charge in [-0.15, -0.1) is 0 Å². The molecule has 0 atom stereocenters. The predicted molar refractivity (Wildman–Crippen MR) is 126 cm³/mol. The van der Waals surface area contributed by atoms with Gasteiger partial charge in [0, 0.05) is 52.3 Å². The van der Waals surface area contributed by atoms with Gasteiger partial charge in [0.1, 0.15) is 0 Å². The molecule has 3 aromatic rings. The van der Waals surface area contributed by atoms with E-state index in [1.165, 1.54) is 30.0 Å². The number of benzene rings is 1. The lowest BCUT2D eigenvalue weighted by atomic mass is 10.0. The number of esters is 1. The predicted octanol–water partition coefficient (Wildman–Crippen LogP) is 1.49. The van der Waals surface area contributed by atoms with E-state index < -0.39 is 15.8 Å². The number of rotatable bonds is 9. The minimum Gasteiger partial charge on any atom is -0.404 e.